The monoisotopic (exact) mass is 218 g/mol. The Hall–Kier alpha value is -2.02. The van der Waals surface area contributed by atoms with Crippen molar-refractivity contribution in [3.05, 3.63) is 29.8 Å². The van der Waals surface area contributed by atoms with Crippen LogP contribution >= 0.6 is 0 Å². The van der Waals surface area contributed by atoms with E-state index in [4.69, 9.17) is 10.4 Å². The first-order chi connectivity index (χ1) is 7.56. The van der Waals surface area contributed by atoms with Gasteiger partial charge in [-0.05, 0) is 12.1 Å². The Kier molecular flexibility index (Phi) is 3.90. The minimum absolute atomic E-state index is 0.383. The van der Waals surface area contributed by atoms with E-state index >= 15 is 0 Å². The standard InChI is InChI=1S/C12H14N2O2/c1-9(12(15)16)8-14(2)11-6-4-3-5-10(11)7-13/h3-6,9H,8H2,1-2H3,(H,15,16). The predicted octanol–water partition coefficient (Wildman–Crippen LogP) is 1.72. The molecule has 0 fully saturated rings. The Morgan fingerprint density at radius 3 is 2.75 bits per heavy atom. The number of carbonyl (C=O) groups is 1. The lowest BCUT2D eigenvalue weighted by Gasteiger charge is -2.22. The maximum absolute atomic E-state index is 10.7. The van der Waals surface area contributed by atoms with Crippen molar-refractivity contribution in [2.45, 2.75) is 6.92 Å². The molecule has 0 aliphatic carbocycles. The summed E-state index contributed by atoms with van der Waals surface area (Å²) in [5.74, 6) is -1.29. The van der Waals surface area contributed by atoms with Gasteiger partial charge in [-0.1, -0.05) is 19.1 Å². The van der Waals surface area contributed by atoms with Crippen LogP contribution in [0.25, 0.3) is 0 Å². The first kappa shape index (κ1) is 12.1. The Balaban J connectivity index is 2.85. The fourth-order valence-corrected chi connectivity index (χ4v) is 1.49. The van der Waals surface area contributed by atoms with Crippen LogP contribution in [0.4, 0.5) is 5.69 Å². The second-order valence-corrected chi connectivity index (χ2v) is 3.75. The molecule has 4 heteroatoms. The molecule has 0 saturated heterocycles. The number of benzene rings is 1. The molecule has 0 bridgehead atoms. The summed E-state index contributed by atoms with van der Waals surface area (Å²) in [6, 6.07) is 9.24. The number of hydrogen-bond donors (Lipinski definition) is 1. The van der Waals surface area contributed by atoms with Crippen molar-refractivity contribution in [3.63, 3.8) is 0 Å². The van der Waals surface area contributed by atoms with Gasteiger partial charge in [-0.2, -0.15) is 5.26 Å². The Morgan fingerprint density at radius 2 is 2.19 bits per heavy atom. The summed E-state index contributed by atoms with van der Waals surface area (Å²) in [7, 11) is 1.79. The predicted molar refractivity (Wildman–Crippen MR) is 61.2 cm³/mol. The number of nitrogens with zero attached hydrogens (tertiary/aromatic N) is 2. The number of hydrogen-bond acceptors (Lipinski definition) is 3. The van der Waals surface area contributed by atoms with Gasteiger partial charge in [-0.25, -0.2) is 0 Å². The summed E-state index contributed by atoms with van der Waals surface area (Å²) in [5.41, 5.74) is 1.32. The van der Waals surface area contributed by atoms with Crippen molar-refractivity contribution in [2.75, 3.05) is 18.5 Å². The van der Waals surface area contributed by atoms with E-state index in [2.05, 4.69) is 6.07 Å². The van der Waals surface area contributed by atoms with Gasteiger partial charge in [0.2, 0.25) is 0 Å². The van der Waals surface area contributed by atoms with E-state index in [-0.39, 0.29) is 0 Å². The zero-order valence-electron chi connectivity index (χ0n) is 9.34. The molecule has 0 spiro atoms. The zero-order chi connectivity index (χ0) is 12.1. The van der Waals surface area contributed by atoms with E-state index in [1.54, 1.807) is 31.0 Å². The number of para-hydroxylation sites is 1. The molecule has 0 radical (unpaired) electrons. The molecule has 0 aliphatic heterocycles. The highest BCUT2D eigenvalue weighted by atomic mass is 16.4. The molecule has 0 amide bonds. The van der Waals surface area contributed by atoms with Gasteiger partial charge >= 0.3 is 5.97 Å². The van der Waals surface area contributed by atoms with Crippen LogP contribution in [-0.2, 0) is 4.79 Å². The number of nitriles is 1. The van der Waals surface area contributed by atoms with E-state index in [0.717, 1.165) is 5.69 Å². The van der Waals surface area contributed by atoms with Gasteiger partial charge < -0.3 is 10.0 Å². The lowest BCUT2D eigenvalue weighted by Crippen LogP contribution is -2.28. The lowest BCUT2D eigenvalue weighted by molar-refractivity contribution is -0.140. The highest BCUT2D eigenvalue weighted by Gasteiger charge is 2.15. The number of carboxylic acids is 1. The molecule has 84 valence electrons. The molecule has 1 unspecified atom stereocenters. The normalized spacial score (nSPS) is 11.6. The average Bonchev–Trinajstić information content (AvgIpc) is 2.28. The molecule has 1 aromatic carbocycles. The van der Waals surface area contributed by atoms with Gasteiger partial charge in [0.1, 0.15) is 6.07 Å². The molecule has 0 aromatic heterocycles. The third-order valence-corrected chi connectivity index (χ3v) is 2.41. The minimum atomic E-state index is -0.832. The molecule has 1 atom stereocenters. The molecule has 1 aromatic rings. The molecular weight excluding hydrogens is 204 g/mol. The molecule has 4 nitrogen and oxygen atoms in total. The Bertz CT molecular complexity index is 423. The summed E-state index contributed by atoms with van der Waals surface area (Å²) in [5, 5.41) is 17.7. The lowest BCUT2D eigenvalue weighted by atomic mass is 10.1. The van der Waals surface area contributed by atoms with Crippen LogP contribution in [-0.4, -0.2) is 24.7 Å². The highest BCUT2D eigenvalue weighted by Crippen LogP contribution is 2.18. The van der Waals surface area contributed by atoms with Crippen LogP contribution in [0.15, 0.2) is 24.3 Å². The largest absolute Gasteiger partial charge is 0.481 e. The number of carboxylic acid groups (broad SMARTS) is 1. The Morgan fingerprint density at radius 1 is 1.56 bits per heavy atom. The van der Waals surface area contributed by atoms with E-state index in [1.165, 1.54) is 0 Å². The third-order valence-electron chi connectivity index (χ3n) is 2.41. The van der Waals surface area contributed by atoms with Crippen LogP contribution in [0.3, 0.4) is 0 Å². The van der Waals surface area contributed by atoms with E-state index < -0.39 is 11.9 Å². The molecule has 1 rings (SSSR count). The van der Waals surface area contributed by atoms with E-state index in [1.807, 2.05) is 12.1 Å². The minimum Gasteiger partial charge on any atom is -0.481 e. The van der Waals surface area contributed by atoms with Crippen molar-refractivity contribution >= 4 is 11.7 Å². The fourth-order valence-electron chi connectivity index (χ4n) is 1.49. The quantitative estimate of drug-likeness (QED) is 0.835. The summed E-state index contributed by atoms with van der Waals surface area (Å²) >= 11 is 0. The van der Waals surface area contributed by atoms with Crippen molar-refractivity contribution in [3.8, 4) is 6.07 Å². The molecule has 0 saturated carbocycles. The van der Waals surface area contributed by atoms with Crippen LogP contribution in [0.5, 0.6) is 0 Å². The van der Waals surface area contributed by atoms with Gasteiger partial charge in [0.15, 0.2) is 0 Å². The van der Waals surface area contributed by atoms with Crippen molar-refractivity contribution in [1.82, 2.24) is 0 Å². The summed E-state index contributed by atoms with van der Waals surface area (Å²) in [6.45, 7) is 2.03. The van der Waals surface area contributed by atoms with Crippen LogP contribution in [0.2, 0.25) is 0 Å². The zero-order valence-corrected chi connectivity index (χ0v) is 9.34. The maximum Gasteiger partial charge on any atom is 0.308 e. The fraction of sp³-hybridized carbons (Fsp3) is 0.333. The van der Waals surface area contributed by atoms with Gasteiger partial charge in [-0.15, -0.1) is 0 Å². The van der Waals surface area contributed by atoms with Gasteiger partial charge in [0, 0.05) is 13.6 Å². The molecule has 1 N–H and O–H groups in total. The first-order valence-electron chi connectivity index (χ1n) is 4.99. The number of anilines is 1. The van der Waals surface area contributed by atoms with E-state index in [0.29, 0.717) is 12.1 Å². The number of rotatable bonds is 4. The molecule has 0 aliphatic rings. The van der Waals surface area contributed by atoms with Crippen molar-refractivity contribution < 1.29 is 9.90 Å². The number of aliphatic carboxylic acids is 1. The maximum atomic E-state index is 10.7. The van der Waals surface area contributed by atoms with E-state index in [9.17, 15) is 4.79 Å². The topological polar surface area (TPSA) is 64.3 Å². The molecule has 16 heavy (non-hydrogen) atoms. The third kappa shape index (κ3) is 2.74. The van der Waals surface area contributed by atoms with Gasteiger partial charge in [-0.3, -0.25) is 4.79 Å². The van der Waals surface area contributed by atoms with Crippen molar-refractivity contribution in [1.29, 1.82) is 5.26 Å². The van der Waals surface area contributed by atoms with Crippen molar-refractivity contribution in [2.24, 2.45) is 5.92 Å². The van der Waals surface area contributed by atoms with Crippen LogP contribution in [0.1, 0.15) is 12.5 Å². The SMILES string of the molecule is CC(CN(C)c1ccccc1C#N)C(=O)O. The van der Waals surface area contributed by atoms with Gasteiger partial charge in [0.25, 0.3) is 0 Å². The summed E-state index contributed by atoms with van der Waals surface area (Å²) in [4.78, 5) is 12.5. The van der Waals surface area contributed by atoms with Crippen LogP contribution in [0, 0.1) is 17.2 Å². The first-order valence-corrected chi connectivity index (χ1v) is 4.99. The highest BCUT2D eigenvalue weighted by molar-refractivity contribution is 5.71. The Labute approximate surface area is 94.7 Å². The average molecular weight is 218 g/mol. The summed E-state index contributed by atoms with van der Waals surface area (Å²) < 4.78 is 0. The second-order valence-electron chi connectivity index (χ2n) is 3.75. The smallest absolute Gasteiger partial charge is 0.308 e. The molecular formula is C12H14N2O2. The van der Waals surface area contributed by atoms with Crippen LogP contribution < -0.4 is 4.90 Å². The second kappa shape index (κ2) is 5.17. The molecule has 0 heterocycles. The van der Waals surface area contributed by atoms with Gasteiger partial charge in [0.05, 0.1) is 17.2 Å². The summed E-state index contributed by atoms with van der Waals surface area (Å²) in [6.07, 6.45) is 0.